The summed E-state index contributed by atoms with van der Waals surface area (Å²) < 4.78 is 41.6. The van der Waals surface area contributed by atoms with E-state index in [1.807, 2.05) is 71.0 Å². The third-order valence-electron chi connectivity index (χ3n) is 6.04. The number of rotatable bonds is 4. The molecule has 0 aromatic heterocycles. The Morgan fingerprint density at radius 1 is 0.833 bits per heavy atom. The maximum absolute atomic E-state index is 13.2. The van der Waals surface area contributed by atoms with Gasteiger partial charge in [0.25, 0.3) is 10.0 Å². The lowest BCUT2D eigenvalue weighted by atomic mass is 9.76. The number of fused-ring (bicyclic) bond motifs is 1. The van der Waals surface area contributed by atoms with Crippen LogP contribution in [0.25, 0.3) is 10.8 Å². The molecule has 0 aliphatic carbocycles. The van der Waals surface area contributed by atoms with Gasteiger partial charge in [0.1, 0.15) is 0 Å². The fraction of sp³-hybridized carbons (Fsp3) is 0.304. The summed E-state index contributed by atoms with van der Waals surface area (Å²) in [6, 6.07) is 18.3. The van der Waals surface area contributed by atoms with Crippen molar-refractivity contribution in [2.45, 2.75) is 50.7 Å². The molecule has 30 heavy (non-hydrogen) atoms. The largest absolute Gasteiger partial charge is 0.497 e. The Balaban J connectivity index is 1.84. The van der Waals surface area contributed by atoms with Crippen molar-refractivity contribution in [3.63, 3.8) is 0 Å². The first-order valence-corrected chi connectivity index (χ1v) is 11.5. The van der Waals surface area contributed by atoms with E-state index in [2.05, 4.69) is 4.72 Å². The van der Waals surface area contributed by atoms with E-state index in [0.29, 0.717) is 11.2 Å². The van der Waals surface area contributed by atoms with Crippen molar-refractivity contribution in [1.82, 2.24) is 0 Å². The van der Waals surface area contributed by atoms with Crippen molar-refractivity contribution in [2.75, 3.05) is 4.72 Å². The predicted octanol–water partition coefficient (Wildman–Crippen LogP) is 4.25. The molecule has 0 spiro atoms. The summed E-state index contributed by atoms with van der Waals surface area (Å²) in [5.41, 5.74) is 1.07. The highest BCUT2D eigenvalue weighted by Crippen LogP contribution is 2.38. The second kappa shape index (κ2) is 7.12. The molecule has 0 radical (unpaired) electrons. The zero-order valence-electron chi connectivity index (χ0n) is 17.9. The Bertz CT molecular complexity index is 1190. The predicted molar refractivity (Wildman–Crippen MR) is 122 cm³/mol. The van der Waals surface area contributed by atoms with Crippen molar-refractivity contribution in [3.8, 4) is 0 Å². The van der Waals surface area contributed by atoms with E-state index in [1.54, 1.807) is 24.3 Å². The van der Waals surface area contributed by atoms with E-state index in [-0.39, 0.29) is 4.90 Å². The van der Waals surface area contributed by atoms with Gasteiger partial charge in [-0.3, -0.25) is 4.72 Å². The summed E-state index contributed by atoms with van der Waals surface area (Å²) in [5, 5.41) is 1.72. The van der Waals surface area contributed by atoms with E-state index in [9.17, 15) is 8.42 Å². The Kier molecular flexibility index (Phi) is 4.96. The van der Waals surface area contributed by atoms with Crippen molar-refractivity contribution >= 4 is 39.1 Å². The molecule has 5 nitrogen and oxygen atoms in total. The third kappa shape index (κ3) is 3.62. The van der Waals surface area contributed by atoms with Crippen LogP contribution in [-0.4, -0.2) is 26.7 Å². The van der Waals surface area contributed by atoms with Crippen LogP contribution >= 0.6 is 0 Å². The van der Waals surface area contributed by atoms with Crippen molar-refractivity contribution in [3.05, 3.63) is 66.2 Å². The number of nitrogens with one attached hydrogen (secondary N) is 1. The van der Waals surface area contributed by atoms with E-state index in [0.717, 1.165) is 16.3 Å². The van der Waals surface area contributed by atoms with E-state index >= 15 is 0 Å². The Hall–Kier alpha value is -2.35. The number of hydrogen-bond acceptors (Lipinski definition) is 4. The van der Waals surface area contributed by atoms with Crippen LogP contribution in [0.4, 0.5) is 5.69 Å². The van der Waals surface area contributed by atoms with E-state index in [4.69, 9.17) is 9.31 Å². The number of hydrogen-bond donors (Lipinski definition) is 1. The molecule has 1 N–H and O–H groups in total. The zero-order valence-corrected chi connectivity index (χ0v) is 18.7. The van der Waals surface area contributed by atoms with Gasteiger partial charge in [-0.15, -0.1) is 0 Å². The summed E-state index contributed by atoms with van der Waals surface area (Å²) >= 11 is 0. The van der Waals surface area contributed by atoms with Crippen LogP contribution in [0.5, 0.6) is 0 Å². The molecule has 1 saturated heterocycles. The molecule has 0 saturated carbocycles. The summed E-state index contributed by atoms with van der Waals surface area (Å²) in [4.78, 5) is 0.209. The van der Waals surface area contributed by atoms with E-state index < -0.39 is 28.3 Å². The zero-order chi connectivity index (χ0) is 21.7. The molecule has 0 bridgehead atoms. The lowest BCUT2D eigenvalue weighted by molar-refractivity contribution is 0.00578. The number of benzene rings is 3. The second-order valence-electron chi connectivity index (χ2n) is 8.76. The molecule has 1 aliphatic rings. The molecule has 7 heteroatoms. The maximum Gasteiger partial charge on any atom is 0.497 e. The monoisotopic (exact) mass is 423 g/mol. The first-order valence-electron chi connectivity index (χ1n) is 9.97. The van der Waals surface area contributed by atoms with Crippen LogP contribution in [-0.2, 0) is 19.3 Å². The van der Waals surface area contributed by atoms with Gasteiger partial charge in [0, 0.05) is 10.8 Å². The molecule has 1 aliphatic heterocycles. The van der Waals surface area contributed by atoms with Gasteiger partial charge < -0.3 is 9.31 Å². The SMILES string of the molecule is Cc1ccc(S(=O)(=O)Nc2c(B3OC(C)(C)C(C)(C)O3)ccc3ccccc23)cc1. The minimum atomic E-state index is -3.79. The first-order chi connectivity index (χ1) is 14.0. The average molecular weight is 423 g/mol. The van der Waals surface area contributed by atoms with Crippen LogP contribution in [0.3, 0.4) is 0 Å². The number of anilines is 1. The molecule has 0 atom stereocenters. The quantitative estimate of drug-likeness (QED) is 0.638. The Labute approximate surface area is 178 Å². The normalized spacial score (nSPS) is 18.0. The molecule has 4 rings (SSSR count). The summed E-state index contributed by atoms with van der Waals surface area (Å²) in [6.45, 7) is 9.83. The van der Waals surface area contributed by atoms with Gasteiger partial charge in [0.2, 0.25) is 0 Å². The average Bonchev–Trinajstić information content (AvgIpc) is 2.89. The third-order valence-corrected chi connectivity index (χ3v) is 7.40. The van der Waals surface area contributed by atoms with Gasteiger partial charge in [-0.05, 0) is 52.1 Å². The topological polar surface area (TPSA) is 64.6 Å². The number of sulfonamides is 1. The van der Waals surface area contributed by atoms with Gasteiger partial charge in [-0.2, -0.15) is 0 Å². The summed E-state index contributed by atoms with van der Waals surface area (Å²) in [5.74, 6) is 0. The molecule has 3 aromatic carbocycles. The fourth-order valence-electron chi connectivity index (χ4n) is 3.48. The molecule has 156 valence electrons. The first kappa shape index (κ1) is 20.9. The van der Waals surface area contributed by atoms with Crippen molar-refractivity contribution in [1.29, 1.82) is 0 Å². The van der Waals surface area contributed by atoms with Gasteiger partial charge in [0.05, 0.1) is 21.8 Å². The van der Waals surface area contributed by atoms with Crippen LogP contribution in [0.1, 0.15) is 33.3 Å². The molecular weight excluding hydrogens is 397 g/mol. The van der Waals surface area contributed by atoms with Crippen molar-refractivity contribution in [2.24, 2.45) is 0 Å². The van der Waals surface area contributed by atoms with Crippen LogP contribution in [0.15, 0.2) is 65.6 Å². The fourth-order valence-corrected chi connectivity index (χ4v) is 4.59. The number of aryl methyl sites for hydroxylation is 1. The van der Waals surface area contributed by atoms with Crippen LogP contribution < -0.4 is 10.2 Å². The van der Waals surface area contributed by atoms with Gasteiger partial charge in [-0.25, -0.2) is 8.42 Å². The maximum atomic E-state index is 13.2. The summed E-state index contributed by atoms with van der Waals surface area (Å²) in [6.07, 6.45) is 0. The molecular formula is C23H26BNO4S. The van der Waals surface area contributed by atoms with Crippen LogP contribution in [0.2, 0.25) is 0 Å². The molecule has 1 fully saturated rings. The van der Waals surface area contributed by atoms with Gasteiger partial charge in [0.15, 0.2) is 0 Å². The molecule has 1 heterocycles. The highest BCUT2D eigenvalue weighted by molar-refractivity contribution is 7.92. The molecule has 3 aromatic rings. The lowest BCUT2D eigenvalue weighted by Gasteiger charge is -2.32. The lowest BCUT2D eigenvalue weighted by Crippen LogP contribution is -2.41. The van der Waals surface area contributed by atoms with Gasteiger partial charge >= 0.3 is 7.12 Å². The summed E-state index contributed by atoms with van der Waals surface area (Å²) in [7, 11) is -4.48. The smallest absolute Gasteiger partial charge is 0.399 e. The molecule has 0 amide bonds. The minimum Gasteiger partial charge on any atom is -0.399 e. The molecule has 0 unspecified atom stereocenters. The van der Waals surface area contributed by atoms with Crippen molar-refractivity contribution < 1.29 is 17.7 Å². The highest BCUT2D eigenvalue weighted by Gasteiger charge is 2.52. The standard InChI is InChI=1S/C23H26BNO4S/c1-16-10-13-18(14-11-16)30(26,27)25-21-19-9-7-6-8-17(19)12-15-20(21)24-28-22(2,3)23(4,5)29-24/h6-15,25H,1-5H3. The highest BCUT2D eigenvalue weighted by atomic mass is 32.2. The van der Waals surface area contributed by atoms with Crippen LogP contribution in [0, 0.1) is 6.92 Å². The minimum absolute atomic E-state index is 0.209. The Morgan fingerprint density at radius 2 is 1.43 bits per heavy atom. The van der Waals surface area contributed by atoms with E-state index in [1.165, 1.54) is 0 Å². The Morgan fingerprint density at radius 3 is 2.07 bits per heavy atom. The second-order valence-corrected chi connectivity index (χ2v) is 10.4. The van der Waals surface area contributed by atoms with Gasteiger partial charge in [-0.1, -0.05) is 54.1 Å².